The Morgan fingerprint density at radius 1 is 0.733 bits per heavy atom. The van der Waals surface area contributed by atoms with Crippen molar-refractivity contribution in [2.45, 2.75) is 0 Å². The number of aromatic nitrogens is 4. The van der Waals surface area contributed by atoms with Crippen LogP contribution >= 0.6 is 23.2 Å². The van der Waals surface area contributed by atoms with Crippen LogP contribution in [0.5, 0.6) is 0 Å². The summed E-state index contributed by atoms with van der Waals surface area (Å²) in [6, 6.07) is 25.2. The number of anilines is 2. The molecule has 0 aliphatic carbocycles. The Labute approximate surface area is 182 Å². The van der Waals surface area contributed by atoms with Crippen molar-refractivity contribution < 1.29 is 0 Å². The van der Waals surface area contributed by atoms with E-state index in [1.165, 1.54) is 0 Å². The van der Waals surface area contributed by atoms with E-state index in [0.29, 0.717) is 15.9 Å². The molecule has 0 atom stereocenters. The van der Waals surface area contributed by atoms with Crippen molar-refractivity contribution in [2.75, 3.05) is 5.32 Å². The molecule has 0 radical (unpaired) electrons. The van der Waals surface area contributed by atoms with Crippen molar-refractivity contribution in [3.8, 4) is 22.6 Å². The molecule has 5 aromatic rings. The zero-order valence-corrected chi connectivity index (χ0v) is 17.1. The number of aromatic amines is 1. The first kappa shape index (κ1) is 18.6. The molecule has 0 saturated heterocycles. The molecular weight excluding hydrogens is 417 g/mol. The van der Waals surface area contributed by atoms with Crippen LogP contribution in [0, 0.1) is 0 Å². The number of hydrogen-bond donors (Lipinski definition) is 2. The third-order valence-corrected chi connectivity index (χ3v) is 5.39. The first-order valence-corrected chi connectivity index (χ1v) is 10.0. The average Bonchev–Trinajstić information content (AvgIpc) is 3.18. The van der Waals surface area contributed by atoms with Gasteiger partial charge in [-0.05, 0) is 36.4 Å². The van der Waals surface area contributed by atoms with Gasteiger partial charge in [0.1, 0.15) is 5.82 Å². The molecule has 5 rings (SSSR count). The highest BCUT2D eigenvalue weighted by molar-refractivity contribution is 6.42. The second kappa shape index (κ2) is 7.78. The zero-order valence-electron chi connectivity index (χ0n) is 15.6. The smallest absolute Gasteiger partial charge is 0.153 e. The van der Waals surface area contributed by atoms with Crippen molar-refractivity contribution in [1.82, 2.24) is 20.2 Å². The highest BCUT2D eigenvalue weighted by atomic mass is 35.5. The van der Waals surface area contributed by atoms with E-state index in [9.17, 15) is 0 Å². The highest BCUT2D eigenvalue weighted by Crippen LogP contribution is 2.30. The van der Waals surface area contributed by atoms with E-state index < -0.39 is 0 Å². The Balaban J connectivity index is 1.40. The van der Waals surface area contributed by atoms with Gasteiger partial charge in [-0.25, -0.2) is 4.98 Å². The normalized spacial score (nSPS) is 11.0. The van der Waals surface area contributed by atoms with Gasteiger partial charge in [-0.1, -0.05) is 65.7 Å². The molecule has 2 aromatic heterocycles. The molecule has 3 aromatic carbocycles. The number of hydrogen-bond acceptors (Lipinski definition) is 4. The fraction of sp³-hybridized carbons (Fsp3) is 0. The lowest BCUT2D eigenvalue weighted by molar-refractivity contribution is 1.04. The molecule has 0 unspecified atom stereocenters. The Hall–Kier alpha value is -3.41. The summed E-state index contributed by atoms with van der Waals surface area (Å²) in [5.74, 6) is 1.40. The van der Waals surface area contributed by atoms with Crippen LogP contribution in [-0.2, 0) is 0 Å². The minimum atomic E-state index is 0.482. The van der Waals surface area contributed by atoms with Crippen LogP contribution in [-0.4, -0.2) is 20.2 Å². The van der Waals surface area contributed by atoms with E-state index in [0.717, 1.165) is 39.4 Å². The molecule has 0 spiro atoms. The SMILES string of the molecule is Clc1cc2nc(-c3cccc(Nc4ccc(-c5ccccc5)nn4)c3)[nH]c2cc1Cl. The van der Waals surface area contributed by atoms with E-state index in [-0.39, 0.29) is 0 Å². The van der Waals surface area contributed by atoms with Crippen LogP contribution in [0.2, 0.25) is 10.0 Å². The van der Waals surface area contributed by atoms with E-state index in [2.05, 4.69) is 25.5 Å². The molecule has 0 saturated carbocycles. The molecular formula is C23H15Cl2N5. The molecule has 0 aliphatic rings. The van der Waals surface area contributed by atoms with Crippen LogP contribution in [0.1, 0.15) is 0 Å². The van der Waals surface area contributed by atoms with Gasteiger partial charge in [-0.2, -0.15) is 0 Å². The molecule has 30 heavy (non-hydrogen) atoms. The maximum Gasteiger partial charge on any atom is 0.153 e. The summed E-state index contributed by atoms with van der Waals surface area (Å²) in [6.07, 6.45) is 0. The first-order valence-electron chi connectivity index (χ1n) is 9.27. The minimum absolute atomic E-state index is 0.482. The van der Waals surface area contributed by atoms with Crippen LogP contribution in [0.3, 0.4) is 0 Å². The summed E-state index contributed by atoms with van der Waals surface area (Å²) in [7, 11) is 0. The largest absolute Gasteiger partial charge is 0.339 e. The number of halogens is 2. The van der Waals surface area contributed by atoms with Gasteiger partial charge in [0.05, 0.1) is 26.8 Å². The number of rotatable bonds is 4. The lowest BCUT2D eigenvalue weighted by Crippen LogP contribution is -1.96. The maximum atomic E-state index is 6.11. The van der Waals surface area contributed by atoms with Crippen LogP contribution in [0.15, 0.2) is 78.9 Å². The van der Waals surface area contributed by atoms with Crippen molar-refractivity contribution in [3.63, 3.8) is 0 Å². The van der Waals surface area contributed by atoms with Crippen LogP contribution < -0.4 is 5.32 Å². The topological polar surface area (TPSA) is 66.5 Å². The molecule has 0 fully saturated rings. The first-order chi connectivity index (χ1) is 14.7. The van der Waals surface area contributed by atoms with E-state index in [1.807, 2.05) is 66.7 Å². The van der Waals surface area contributed by atoms with Gasteiger partial charge in [0, 0.05) is 16.8 Å². The third kappa shape index (κ3) is 3.73. The highest BCUT2D eigenvalue weighted by Gasteiger charge is 2.09. The fourth-order valence-electron chi connectivity index (χ4n) is 3.20. The summed E-state index contributed by atoms with van der Waals surface area (Å²) in [4.78, 5) is 7.91. The van der Waals surface area contributed by atoms with Crippen molar-refractivity contribution in [2.24, 2.45) is 0 Å². The van der Waals surface area contributed by atoms with Crippen molar-refractivity contribution in [3.05, 3.63) is 88.9 Å². The lowest BCUT2D eigenvalue weighted by Gasteiger charge is -2.07. The minimum Gasteiger partial charge on any atom is -0.339 e. The second-order valence-corrected chi connectivity index (χ2v) is 7.56. The van der Waals surface area contributed by atoms with Gasteiger partial charge in [-0.3, -0.25) is 0 Å². The quantitative estimate of drug-likeness (QED) is 0.330. The molecule has 0 bridgehead atoms. The summed E-state index contributed by atoms with van der Waals surface area (Å²) in [6.45, 7) is 0. The van der Waals surface area contributed by atoms with Crippen LogP contribution in [0.25, 0.3) is 33.7 Å². The number of benzene rings is 3. The van der Waals surface area contributed by atoms with Crippen LogP contribution in [0.4, 0.5) is 11.5 Å². The predicted octanol–water partition coefficient (Wildman–Crippen LogP) is 6.74. The Kier molecular flexibility index (Phi) is 4.83. The van der Waals surface area contributed by atoms with E-state index in [4.69, 9.17) is 23.2 Å². The van der Waals surface area contributed by atoms with Gasteiger partial charge in [0.25, 0.3) is 0 Å². The summed E-state index contributed by atoms with van der Waals surface area (Å²) in [5, 5.41) is 12.9. The van der Waals surface area contributed by atoms with Gasteiger partial charge in [-0.15, -0.1) is 10.2 Å². The van der Waals surface area contributed by atoms with E-state index in [1.54, 1.807) is 12.1 Å². The van der Waals surface area contributed by atoms with Gasteiger partial charge >= 0.3 is 0 Å². The Morgan fingerprint density at radius 2 is 1.53 bits per heavy atom. The molecule has 146 valence electrons. The number of imidazole rings is 1. The Morgan fingerprint density at radius 3 is 2.33 bits per heavy atom. The monoisotopic (exact) mass is 431 g/mol. The number of nitrogens with zero attached hydrogens (tertiary/aromatic N) is 3. The van der Waals surface area contributed by atoms with E-state index >= 15 is 0 Å². The summed E-state index contributed by atoms with van der Waals surface area (Å²) in [5.41, 5.74) is 5.27. The summed E-state index contributed by atoms with van der Waals surface area (Å²) >= 11 is 12.2. The zero-order chi connectivity index (χ0) is 20.5. The standard InChI is InChI=1S/C23H15Cl2N5/c24-17-12-20-21(13-18(17)25)28-23(27-20)15-7-4-8-16(11-15)26-22-10-9-19(29-30-22)14-5-2-1-3-6-14/h1-13H,(H,26,30)(H,27,28). The van der Waals surface area contributed by atoms with Gasteiger partial charge in [0.15, 0.2) is 5.82 Å². The average molecular weight is 432 g/mol. The predicted molar refractivity (Wildman–Crippen MR) is 122 cm³/mol. The lowest BCUT2D eigenvalue weighted by atomic mass is 10.1. The molecule has 5 nitrogen and oxygen atoms in total. The van der Waals surface area contributed by atoms with Gasteiger partial charge < -0.3 is 10.3 Å². The third-order valence-electron chi connectivity index (χ3n) is 4.67. The number of fused-ring (bicyclic) bond motifs is 1. The number of H-pyrrole nitrogens is 1. The number of nitrogens with one attached hydrogen (secondary N) is 2. The molecule has 2 heterocycles. The fourth-order valence-corrected chi connectivity index (χ4v) is 3.52. The second-order valence-electron chi connectivity index (χ2n) is 6.74. The molecule has 0 amide bonds. The van der Waals surface area contributed by atoms with Crippen molar-refractivity contribution >= 4 is 45.7 Å². The maximum absolute atomic E-state index is 6.11. The summed E-state index contributed by atoms with van der Waals surface area (Å²) < 4.78 is 0. The van der Waals surface area contributed by atoms with Gasteiger partial charge in [0.2, 0.25) is 0 Å². The molecule has 7 heteroatoms. The Bertz CT molecular complexity index is 1290. The molecule has 2 N–H and O–H groups in total. The molecule has 0 aliphatic heterocycles. The van der Waals surface area contributed by atoms with Crippen molar-refractivity contribution in [1.29, 1.82) is 0 Å².